The molecule has 0 radical (unpaired) electrons. The Labute approximate surface area is 200 Å². The number of nitrogens with one attached hydrogen (secondary N) is 1. The number of carbonyl (C=O) groups excluding carboxylic acids is 1. The molecule has 0 aliphatic carbocycles. The molecule has 0 bridgehead atoms. The maximum atomic E-state index is 12.8. The Hall–Kier alpha value is -2.90. The minimum atomic E-state index is -0.108. The van der Waals surface area contributed by atoms with Crippen LogP contribution in [0, 0.1) is 6.92 Å². The van der Waals surface area contributed by atoms with E-state index >= 15 is 0 Å². The van der Waals surface area contributed by atoms with Crippen LogP contribution in [0.25, 0.3) is 0 Å². The van der Waals surface area contributed by atoms with E-state index in [1.807, 2.05) is 43.3 Å². The number of thiazole rings is 1. The second-order valence-electron chi connectivity index (χ2n) is 7.73. The minimum Gasteiger partial charge on any atom is -0.493 e. The molecule has 1 amide bonds. The molecule has 3 aromatic rings. The van der Waals surface area contributed by atoms with E-state index in [9.17, 15) is 4.79 Å². The van der Waals surface area contributed by atoms with Crippen molar-refractivity contribution in [1.82, 2.24) is 15.2 Å². The van der Waals surface area contributed by atoms with E-state index in [0.29, 0.717) is 29.5 Å². The first-order valence-corrected chi connectivity index (χ1v) is 12.2. The fraction of sp³-hybridized carbons (Fsp3) is 0.385. The van der Waals surface area contributed by atoms with E-state index in [1.54, 1.807) is 7.11 Å². The van der Waals surface area contributed by atoms with Gasteiger partial charge in [0, 0.05) is 19.5 Å². The van der Waals surface area contributed by atoms with Gasteiger partial charge in [-0.15, -0.1) is 11.3 Å². The van der Waals surface area contributed by atoms with Crippen molar-refractivity contribution in [3.8, 4) is 11.5 Å². The summed E-state index contributed by atoms with van der Waals surface area (Å²) in [6.45, 7) is 10.0. The molecule has 1 heterocycles. The van der Waals surface area contributed by atoms with Crippen LogP contribution < -0.4 is 14.8 Å². The van der Waals surface area contributed by atoms with Crippen molar-refractivity contribution in [2.24, 2.45) is 0 Å². The van der Waals surface area contributed by atoms with Gasteiger partial charge in [0.2, 0.25) is 0 Å². The molecule has 0 atom stereocenters. The van der Waals surface area contributed by atoms with Crippen LogP contribution in [0.2, 0.25) is 0 Å². The van der Waals surface area contributed by atoms with Crippen molar-refractivity contribution >= 4 is 17.2 Å². The summed E-state index contributed by atoms with van der Waals surface area (Å²) in [6, 6.07) is 15.9. The first-order chi connectivity index (χ1) is 16.0. The summed E-state index contributed by atoms with van der Waals surface area (Å²) in [7, 11) is 1.63. The number of aryl methyl sites for hydroxylation is 1. The fourth-order valence-corrected chi connectivity index (χ4v) is 4.55. The lowest BCUT2D eigenvalue weighted by Crippen LogP contribution is -2.28. The summed E-state index contributed by atoms with van der Waals surface area (Å²) < 4.78 is 11.4. The molecule has 7 heteroatoms. The zero-order valence-electron chi connectivity index (χ0n) is 19.9. The number of benzene rings is 2. The average molecular weight is 468 g/mol. The number of hydrogen-bond donors (Lipinski definition) is 1. The molecule has 0 aliphatic heterocycles. The molecule has 1 N–H and O–H groups in total. The summed E-state index contributed by atoms with van der Waals surface area (Å²) in [5, 5.41) is 3.95. The quantitative estimate of drug-likeness (QED) is 0.418. The van der Waals surface area contributed by atoms with Gasteiger partial charge < -0.3 is 19.7 Å². The smallest absolute Gasteiger partial charge is 0.263 e. The van der Waals surface area contributed by atoms with Gasteiger partial charge in [-0.1, -0.05) is 50.2 Å². The molecular weight excluding hydrogens is 434 g/mol. The lowest BCUT2D eigenvalue weighted by molar-refractivity contribution is 0.0954. The SMILES string of the molecule is CCN(CC)CCOc1ccc(CNC(=O)c2sc(Cc3ccccc3)nc2C)cc1OC. The van der Waals surface area contributed by atoms with Gasteiger partial charge in [-0.05, 0) is 43.3 Å². The summed E-state index contributed by atoms with van der Waals surface area (Å²) in [5.74, 6) is 1.27. The Morgan fingerprint density at radius 3 is 2.52 bits per heavy atom. The minimum absolute atomic E-state index is 0.108. The second-order valence-corrected chi connectivity index (χ2v) is 8.81. The zero-order valence-corrected chi connectivity index (χ0v) is 20.7. The molecule has 0 spiro atoms. The Morgan fingerprint density at radius 2 is 1.82 bits per heavy atom. The number of likely N-dealkylation sites (N-methyl/N-ethyl adjacent to an activating group) is 1. The number of nitrogens with zero attached hydrogens (tertiary/aromatic N) is 2. The van der Waals surface area contributed by atoms with E-state index in [4.69, 9.17) is 9.47 Å². The fourth-order valence-electron chi connectivity index (χ4n) is 3.54. The van der Waals surface area contributed by atoms with Gasteiger partial charge in [0.05, 0.1) is 17.8 Å². The standard InChI is InChI=1S/C26H33N3O3S/c1-5-29(6-2)14-15-32-22-13-12-21(16-23(22)31-4)18-27-26(30)25-19(3)28-24(33-25)17-20-10-8-7-9-11-20/h7-13,16H,5-6,14-15,17-18H2,1-4H3,(H,27,30). The number of ether oxygens (including phenoxy) is 2. The Bertz CT molecular complexity index is 1030. The van der Waals surface area contributed by atoms with Crippen LogP contribution in [0.3, 0.4) is 0 Å². The van der Waals surface area contributed by atoms with Crippen LogP contribution in [0.1, 0.15) is 45.3 Å². The van der Waals surface area contributed by atoms with Gasteiger partial charge in [0.15, 0.2) is 11.5 Å². The van der Waals surface area contributed by atoms with E-state index in [0.717, 1.165) is 42.3 Å². The molecule has 33 heavy (non-hydrogen) atoms. The van der Waals surface area contributed by atoms with Crippen LogP contribution in [0.15, 0.2) is 48.5 Å². The molecule has 0 aliphatic rings. The Morgan fingerprint density at radius 1 is 1.06 bits per heavy atom. The number of rotatable bonds is 12. The van der Waals surface area contributed by atoms with E-state index in [1.165, 1.54) is 16.9 Å². The first-order valence-electron chi connectivity index (χ1n) is 11.3. The van der Waals surface area contributed by atoms with Gasteiger partial charge in [-0.2, -0.15) is 0 Å². The molecule has 2 aromatic carbocycles. The highest BCUT2D eigenvalue weighted by atomic mass is 32.1. The highest BCUT2D eigenvalue weighted by Crippen LogP contribution is 2.28. The molecule has 0 saturated heterocycles. The first kappa shape index (κ1) is 24.7. The highest BCUT2D eigenvalue weighted by molar-refractivity contribution is 7.13. The summed E-state index contributed by atoms with van der Waals surface area (Å²) in [5.41, 5.74) is 2.89. The number of amides is 1. The van der Waals surface area contributed by atoms with E-state index in [-0.39, 0.29) is 5.91 Å². The van der Waals surface area contributed by atoms with Crippen molar-refractivity contribution < 1.29 is 14.3 Å². The van der Waals surface area contributed by atoms with Gasteiger partial charge in [-0.25, -0.2) is 4.98 Å². The maximum absolute atomic E-state index is 12.8. The molecule has 3 rings (SSSR count). The molecule has 0 fully saturated rings. The van der Waals surface area contributed by atoms with Crippen LogP contribution >= 0.6 is 11.3 Å². The summed E-state index contributed by atoms with van der Waals surface area (Å²) in [6.07, 6.45) is 0.729. The van der Waals surface area contributed by atoms with Crippen molar-refractivity contribution in [3.63, 3.8) is 0 Å². The van der Waals surface area contributed by atoms with Gasteiger partial charge >= 0.3 is 0 Å². The van der Waals surface area contributed by atoms with E-state index in [2.05, 4.69) is 41.2 Å². The number of hydrogen-bond acceptors (Lipinski definition) is 6. The molecule has 6 nitrogen and oxygen atoms in total. The molecule has 0 saturated carbocycles. The lowest BCUT2D eigenvalue weighted by atomic mass is 10.2. The van der Waals surface area contributed by atoms with E-state index < -0.39 is 0 Å². The van der Waals surface area contributed by atoms with Gasteiger partial charge in [-0.3, -0.25) is 4.79 Å². The predicted molar refractivity (Wildman–Crippen MR) is 134 cm³/mol. The third kappa shape index (κ3) is 7.04. The van der Waals surface area contributed by atoms with Crippen LogP contribution in [-0.2, 0) is 13.0 Å². The summed E-state index contributed by atoms with van der Waals surface area (Å²) in [4.78, 5) is 20.3. The third-order valence-corrected chi connectivity index (χ3v) is 6.64. The Kier molecular flexibility index (Phi) is 9.27. The summed E-state index contributed by atoms with van der Waals surface area (Å²) >= 11 is 1.45. The van der Waals surface area contributed by atoms with Crippen LogP contribution in [0.4, 0.5) is 0 Å². The third-order valence-electron chi connectivity index (χ3n) is 5.49. The van der Waals surface area contributed by atoms with Crippen LogP contribution in [-0.4, -0.2) is 49.1 Å². The highest BCUT2D eigenvalue weighted by Gasteiger charge is 2.16. The maximum Gasteiger partial charge on any atom is 0.263 e. The molecule has 0 unspecified atom stereocenters. The topological polar surface area (TPSA) is 63.7 Å². The number of aromatic nitrogens is 1. The van der Waals surface area contributed by atoms with Crippen molar-refractivity contribution in [2.45, 2.75) is 33.7 Å². The second kappa shape index (κ2) is 12.4. The molecular formula is C26H33N3O3S. The predicted octanol–water partition coefficient (Wildman–Crippen LogP) is 4.70. The largest absolute Gasteiger partial charge is 0.493 e. The monoisotopic (exact) mass is 467 g/mol. The van der Waals surface area contributed by atoms with Gasteiger partial charge in [0.25, 0.3) is 5.91 Å². The molecule has 176 valence electrons. The van der Waals surface area contributed by atoms with Crippen LogP contribution in [0.5, 0.6) is 11.5 Å². The molecule has 1 aromatic heterocycles. The normalized spacial score (nSPS) is 10.9. The van der Waals surface area contributed by atoms with Crippen molar-refractivity contribution in [1.29, 1.82) is 0 Å². The average Bonchev–Trinajstić information content (AvgIpc) is 3.21. The van der Waals surface area contributed by atoms with Crippen molar-refractivity contribution in [3.05, 3.63) is 75.2 Å². The van der Waals surface area contributed by atoms with Gasteiger partial charge in [0.1, 0.15) is 11.5 Å². The lowest BCUT2D eigenvalue weighted by Gasteiger charge is -2.19. The Balaban J connectivity index is 1.57. The zero-order chi connectivity index (χ0) is 23.6. The number of methoxy groups -OCH3 is 1. The van der Waals surface area contributed by atoms with Crippen molar-refractivity contribution in [2.75, 3.05) is 33.4 Å². The number of carbonyl (C=O) groups is 1.